The van der Waals surface area contributed by atoms with E-state index >= 15 is 0 Å². The first-order valence-electron chi connectivity index (χ1n) is 8.26. The smallest absolute Gasteiger partial charge is 0.0802 e. The van der Waals surface area contributed by atoms with Crippen LogP contribution in [0, 0.1) is 5.92 Å². The van der Waals surface area contributed by atoms with Crippen LogP contribution in [-0.4, -0.2) is 11.7 Å². The molecule has 1 unspecified atom stereocenters. The number of aliphatic hydroxyl groups is 1. The number of nitrogens with two attached hydrogens (primary N) is 1. The highest BCUT2D eigenvalue weighted by atomic mass is 16.3. The maximum Gasteiger partial charge on any atom is 0.0802 e. The Labute approximate surface area is 123 Å². The molecule has 0 saturated heterocycles. The van der Waals surface area contributed by atoms with Gasteiger partial charge in [0.05, 0.1) is 6.10 Å². The summed E-state index contributed by atoms with van der Waals surface area (Å²) in [4.78, 5) is 0. The Balaban J connectivity index is 1.87. The first-order chi connectivity index (χ1) is 9.79. The van der Waals surface area contributed by atoms with Crippen molar-refractivity contribution in [2.75, 3.05) is 6.54 Å². The van der Waals surface area contributed by atoms with Crippen LogP contribution in [0.15, 0.2) is 24.3 Å². The number of hydrogen-bond acceptors (Lipinski definition) is 2. The molecule has 3 N–H and O–H groups in total. The molecule has 0 amide bonds. The van der Waals surface area contributed by atoms with Crippen molar-refractivity contribution in [3.63, 3.8) is 0 Å². The maximum atomic E-state index is 10.0. The van der Waals surface area contributed by atoms with Crippen LogP contribution in [-0.2, 0) is 6.42 Å². The van der Waals surface area contributed by atoms with Crippen LogP contribution in [0.3, 0.4) is 0 Å². The van der Waals surface area contributed by atoms with Crippen molar-refractivity contribution in [2.24, 2.45) is 11.7 Å². The van der Waals surface area contributed by atoms with Gasteiger partial charge in [0, 0.05) is 0 Å². The number of benzene rings is 1. The van der Waals surface area contributed by atoms with E-state index in [1.54, 1.807) is 0 Å². The molecule has 1 aliphatic rings. The van der Waals surface area contributed by atoms with Crippen molar-refractivity contribution in [2.45, 2.75) is 63.9 Å². The number of aliphatic hydroxyl groups excluding tert-OH is 1. The average molecular weight is 275 g/mol. The summed E-state index contributed by atoms with van der Waals surface area (Å²) in [5.74, 6) is 0.912. The minimum atomic E-state index is -0.405. The lowest BCUT2D eigenvalue weighted by Gasteiger charge is -2.15. The van der Waals surface area contributed by atoms with Crippen LogP contribution >= 0.6 is 0 Å². The van der Waals surface area contributed by atoms with Crippen LogP contribution in [0.2, 0.25) is 0 Å². The lowest BCUT2D eigenvalue weighted by Crippen LogP contribution is -2.07. The summed E-state index contributed by atoms with van der Waals surface area (Å²) in [5.41, 5.74) is 7.90. The van der Waals surface area contributed by atoms with Crippen LogP contribution in [0.1, 0.15) is 68.6 Å². The molecule has 1 aromatic rings. The van der Waals surface area contributed by atoms with E-state index in [9.17, 15) is 5.11 Å². The van der Waals surface area contributed by atoms with E-state index < -0.39 is 6.10 Å². The third kappa shape index (κ3) is 4.92. The molecule has 2 heteroatoms. The molecule has 0 heterocycles. The van der Waals surface area contributed by atoms with Gasteiger partial charge in [0.1, 0.15) is 0 Å². The second-order valence-corrected chi connectivity index (χ2v) is 6.23. The fraction of sp³-hybridized carbons (Fsp3) is 0.667. The molecule has 0 bridgehead atoms. The molecule has 2 nitrogen and oxygen atoms in total. The largest absolute Gasteiger partial charge is 0.388 e. The maximum absolute atomic E-state index is 10.0. The predicted octanol–water partition coefficient (Wildman–Crippen LogP) is 3.97. The van der Waals surface area contributed by atoms with E-state index in [4.69, 9.17) is 5.73 Å². The molecular formula is C18H29NO. The van der Waals surface area contributed by atoms with Gasteiger partial charge in [-0.15, -0.1) is 0 Å². The summed E-state index contributed by atoms with van der Waals surface area (Å²) in [6, 6.07) is 8.43. The lowest BCUT2D eigenvalue weighted by molar-refractivity contribution is 0.170. The van der Waals surface area contributed by atoms with Crippen molar-refractivity contribution in [3.8, 4) is 0 Å². The van der Waals surface area contributed by atoms with Crippen molar-refractivity contribution in [3.05, 3.63) is 35.4 Å². The lowest BCUT2D eigenvalue weighted by atomic mass is 9.92. The summed E-state index contributed by atoms with van der Waals surface area (Å²) in [6.45, 7) is 0.535. The highest BCUT2D eigenvalue weighted by Gasteiger charge is 2.13. The molecular weight excluding hydrogens is 246 g/mol. The minimum absolute atomic E-state index is 0.405. The average Bonchev–Trinajstić information content (AvgIpc) is 2.74. The third-order valence-corrected chi connectivity index (χ3v) is 4.59. The zero-order valence-electron chi connectivity index (χ0n) is 12.6. The van der Waals surface area contributed by atoms with Crippen LogP contribution in [0.4, 0.5) is 0 Å². The van der Waals surface area contributed by atoms with Gasteiger partial charge in [0.2, 0.25) is 0 Å². The molecule has 0 aromatic heterocycles. The Kier molecular flexibility index (Phi) is 6.55. The zero-order chi connectivity index (χ0) is 14.2. The fourth-order valence-corrected chi connectivity index (χ4v) is 3.30. The molecule has 1 aromatic carbocycles. The van der Waals surface area contributed by atoms with Crippen LogP contribution in [0.25, 0.3) is 0 Å². The zero-order valence-corrected chi connectivity index (χ0v) is 12.6. The van der Waals surface area contributed by atoms with E-state index in [1.165, 1.54) is 50.5 Å². The monoisotopic (exact) mass is 275 g/mol. The highest BCUT2D eigenvalue weighted by Crippen LogP contribution is 2.27. The van der Waals surface area contributed by atoms with Crippen LogP contribution < -0.4 is 5.73 Å². The summed E-state index contributed by atoms with van der Waals surface area (Å²) >= 11 is 0. The normalized spacial score (nSPS) is 18.7. The number of aryl methyl sites for hydroxylation is 1. The minimum Gasteiger partial charge on any atom is -0.388 e. The summed E-state index contributed by atoms with van der Waals surface area (Å²) in [6.07, 6.45) is 11.2. The van der Waals surface area contributed by atoms with E-state index in [1.807, 2.05) is 6.07 Å². The molecule has 2 rings (SSSR count). The third-order valence-electron chi connectivity index (χ3n) is 4.59. The Morgan fingerprint density at radius 3 is 2.60 bits per heavy atom. The van der Waals surface area contributed by atoms with Crippen molar-refractivity contribution in [1.29, 1.82) is 0 Å². The Morgan fingerprint density at radius 2 is 1.90 bits per heavy atom. The highest BCUT2D eigenvalue weighted by molar-refractivity contribution is 5.25. The topological polar surface area (TPSA) is 46.2 Å². The van der Waals surface area contributed by atoms with E-state index in [0.29, 0.717) is 13.0 Å². The van der Waals surface area contributed by atoms with Gasteiger partial charge < -0.3 is 10.8 Å². The molecule has 0 radical (unpaired) electrons. The van der Waals surface area contributed by atoms with E-state index in [-0.39, 0.29) is 0 Å². The van der Waals surface area contributed by atoms with Gasteiger partial charge in [0.25, 0.3) is 0 Å². The molecule has 112 valence electrons. The van der Waals surface area contributed by atoms with Gasteiger partial charge in [-0.3, -0.25) is 0 Å². The number of hydrogen-bond donors (Lipinski definition) is 2. The standard InChI is InChI=1S/C18H29NO/c19-13-12-18(20)17-9-5-8-16(14-17)11-10-15-6-3-1-2-4-7-15/h5,8-9,14-15,18,20H,1-4,6-7,10-13,19H2. The van der Waals surface area contributed by atoms with Crippen molar-refractivity contribution in [1.82, 2.24) is 0 Å². The Bertz CT molecular complexity index is 383. The SMILES string of the molecule is NCCC(O)c1cccc(CCC2CCCCCC2)c1. The first-order valence-corrected chi connectivity index (χ1v) is 8.26. The number of rotatable bonds is 6. The van der Waals surface area contributed by atoms with E-state index in [0.717, 1.165) is 17.9 Å². The Morgan fingerprint density at radius 1 is 1.15 bits per heavy atom. The van der Waals surface area contributed by atoms with Crippen molar-refractivity contribution < 1.29 is 5.11 Å². The molecule has 1 aliphatic carbocycles. The van der Waals surface area contributed by atoms with Crippen LogP contribution in [0.5, 0.6) is 0 Å². The molecule has 0 spiro atoms. The molecule has 1 saturated carbocycles. The molecule has 1 atom stereocenters. The van der Waals surface area contributed by atoms with Gasteiger partial charge in [-0.2, -0.15) is 0 Å². The molecule has 20 heavy (non-hydrogen) atoms. The van der Waals surface area contributed by atoms with Gasteiger partial charge in [-0.25, -0.2) is 0 Å². The molecule has 1 fully saturated rings. The summed E-state index contributed by atoms with van der Waals surface area (Å²) in [7, 11) is 0. The van der Waals surface area contributed by atoms with E-state index in [2.05, 4.69) is 18.2 Å². The second-order valence-electron chi connectivity index (χ2n) is 6.23. The quantitative estimate of drug-likeness (QED) is 0.772. The summed E-state index contributed by atoms with van der Waals surface area (Å²) < 4.78 is 0. The van der Waals surface area contributed by atoms with Gasteiger partial charge in [-0.05, 0) is 42.9 Å². The second kappa shape index (κ2) is 8.43. The predicted molar refractivity (Wildman–Crippen MR) is 84.6 cm³/mol. The Hall–Kier alpha value is -0.860. The van der Waals surface area contributed by atoms with Gasteiger partial charge in [-0.1, -0.05) is 62.8 Å². The molecule has 0 aliphatic heterocycles. The van der Waals surface area contributed by atoms with Gasteiger partial charge >= 0.3 is 0 Å². The van der Waals surface area contributed by atoms with Gasteiger partial charge in [0.15, 0.2) is 0 Å². The van der Waals surface area contributed by atoms with Crippen molar-refractivity contribution >= 4 is 0 Å². The summed E-state index contributed by atoms with van der Waals surface area (Å²) in [5, 5.41) is 10.0. The first kappa shape index (κ1) is 15.5. The fourth-order valence-electron chi connectivity index (χ4n) is 3.30.